The van der Waals surface area contributed by atoms with Crippen LogP contribution >= 0.6 is 21.6 Å². The number of benzene rings is 5. The van der Waals surface area contributed by atoms with Crippen LogP contribution in [0.15, 0.2) is 91.0 Å². The van der Waals surface area contributed by atoms with Gasteiger partial charge >= 0.3 is 0 Å². The minimum absolute atomic E-state index is 0.0206. The molecule has 0 spiro atoms. The van der Waals surface area contributed by atoms with Crippen molar-refractivity contribution < 1.29 is 38.1 Å². The molecule has 4 aliphatic rings. The maximum absolute atomic E-state index is 14.1. The van der Waals surface area contributed by atoms with Crippen molar-refractivity contribution in [2.24, 2.45) is 0 Å². The van der Waals surface area contributed by atoms with E-state index in [1.165, 1.54) is 0 Å². The summed E-state index contributed by atoms with van der Waals surface area (Å²) < 4.78 is 24.6. The van der Waals surface area contributed by atoms with Crippen LogP contribution in [0.1, 0.15) is 95.8 Å². The molecule has 0 bridgehead atoms. The van der Waals surface area contributed by atoms with Gasteiger partial charge in [-0.15, -0.1) is 0 Å². The Balaban J connectivity index is 0.908. The lowest BCUT2D eigenvalue weighted by atomic mass is 10.1. The highest BCUT2D eigenvalue weighted by Crippen LogP contribution is 2.43. The standard InChI is InChI=1S/C55H62N6O8S2/c1-6-38(7-2)58-52(62)17-12-18-70-71-33(3)19-53(63)59-39-21-34(31-68-50-27-44-42(25-48(50)66-4)54(64)60-40(29-56-44)23-36-13-8-10-15-46(36)60)20-35(22-39)32-69-51-28-45-43(26-49(51)67-5)55(65)61-41(30-57-45)24-37-14-9-11-16-47(37)61/h8-11,13-16,20-22,25-28,33,38,40-41,56-57H,6-7,12,17-19,23-24,29-32H2,1-5H3,(H,58,62)(H,59,63)/t33?,40-,41?/m0/s1. The molecular formula is C55H62N6O8S2. The number of para-hydroxylation sites is 2. The Hall–Kier alpha value is -6.52. The Morgan fingerprint density at radius 2 is 1.23 bits per heavy atom. The van der Waals surface area contributed by atoms with Crippen LogP contribution in [0, 0.1) is 0 Å². The largest absolute Gasteiger partial charge is 0.493 e. The van der Waals surface area contributed by atoms with E-state index in [1.54, 1.807) is 47.9 Å². The zero-order valence-corrected chi connectivity index (χ0v) is 42.6. The van der Waals surface area contributed by atoms with Gasteiger partial charge in [0.2, 0.25) is 11.8 Å². The number of carbonyl (C=O) groups excluding carboxylic acids is 4. The Labute approximate surface area is 423 Å². The zero-order valence-electron chi connectivity index (χ0n) is 40.9. The van der Waals surface area contributed by atoms with Crippen LogP contribution < -0.4 is 50.0 Å². The first-order valence-electron chi connectivity index (χ1n) is 24.5. The Bertz CT molecular complexity index is 2650. The molecule has 4 aliphatic heterocycles. The molecule has 14 nitrogen and oxygen atoms in total. The van der Waals surface area contributed by atoms with Gasteiger partial charge in [-0.2, -0.15) is 0 Å². The third-order valence-electron chi connectivity index (χ3n) is 13.5. The first kappa shape index (κ1) is 49.5. The predicted octanol–water partition coefficient (Wildman–Crippen LogP) is 10.0. The highest BCUT2D eigenvalue weighted by Gasteiger charge is 2.39. The van der Waals surface area contributed by atoms with Crippen molar-refractivity contribution in [3.8, 4) is 23.0 Å². The number of nitrogens with zero attached hydrogens (tertiary/aromatic N) is 2. The lowest BCUT2D eigenvalue weighted by molar-refractivity contribution is -0.122. The highest BCUT2D eigenvalue weighted by atomic mass is 33.1. The van der Waals surface area contributed by atoms with E-state index in [-0.39, 0.29) is 66.6 Å². The fourth-order valence-electron chi connectivity index (χ4n) is 9.90. The summed E-state index contributed by atoms with van der Waals surface area (Å²) in [6.07, 6.45) is 4.91. The van der Waals surface area contributed by atoms with Crippen LogP contribution in [0.4, 0.5) is 28.4 Å². The van der Waals surface area contributed by atoms with Gasteiger partial charge in [0, 0.05) is 72.2 Å². The third-order valence-corrected chi connectivity index (χ3v) is 16.5. The Kier molecular flexibility index (Phi) is 15.5. The summed E-state index contributed by atoms with van der Waals surface area (Å²) >= 11 is 0. The van der Waals surface area contributed by atoms with E-state index in [0.29, 0.717) is 70.7 Å². The molecule has 9 rings (SSSR count). The molecule has 4 heterocycles. The van der Waals surface area contributed by atoms with Gasteiger partial charge in [0.1, 0.15) is 13.2 Å². The second kappa shape index (κ2) is 22.3. The van der Waals surface area contributed by atoms with Crippen LogP contribution in [-0.2, 0) is 35.6 Å². The second-order valence-electron chi connectivity index (χ2n) is 18.5. The molecule has 0 fully saturated rings. The minimum Gasteiger partial charge on any atom is -0.493 e. The van der Waals surface area contributed by atoms with Gasteiger partial charge in [0.05, 0.1) is 48.8 Å². The number of nitrogens with one attached hydrogen (secondary N) is 4. The molecule has 0 aliphatic carbocycles. The van der Waals surface area contributed by atoms with Gasteiger partial charge in [-0.05, 0) is 96.8 Å². The molecule has 16 heteroatoms. The Morgan fingerprint density at radius 1 is 0.704 bits per heavy atom. The van der Waals surface area contributed by atoms with E-state index in [9.17, 15) is 19.2 Å². The summed E-state index contributed by atoms with van der Waals surface area (Å²) in [7, 11) is 6.43. The van der Waals surface area contributed by atoms with Crippen molar-refractivity contribution in [3.05, 3.63) is 124 Å². The van der Waals surface area contributed by atoms with E-state index in [2.05, 4.69) is 47.2 Å². The van der Waals surface area contributed by atoms with E-state index < -0.39 is 0 Å². The quantitative estimate of drug-likeness (QED) is 0.0433. The number of hydrogen-bond donors (Lipinski definition) is 4. The molecule has 5 aromatic carbocycles. The highest BCUT2D eigenvalue weighted by molar-refractivity contribution is 8.76. The van der Waals surface area contributed by atoms with E-state index >= 15 is 0 Å². The minimum atomic E-state index is -0.141. The molecule has 0 saturated carbocycles. The van der Waals surface area contributed by atoms with Gasteiger partial charge in [0.15, 0.2) is 23.0 Å². The second-order valence-corrected chi connectivity index (χ2v) is 21.4. The molecule has 0 radical (unpaired) electrons. The first-order chi connectivity index (χ1) is 34.5. The van der Waals surface area contributed by atoms with Crippen LogP contribution in [-0.4, -0.2) is 80.1 Å². The normalized spacial score (nSPS) is 16.7. The molecule has 2 unspecified atom stereocenters. The van der Waals surface area contributed by atoms with Gasteiger partial charge in [-0.25, -0.2) is 0 Å². The molecule has 0 aromatic heterocycles. The molecule has 0 saturated heterocycles. The van der Waals surface area contributed by atoms with E-state index in [0.717, 1.165) is 71.5 Å². The SMILES string of the molecule is CCC(CC)NC(=O)CCCSSC(C)CC(=O)Nc1cc(COc2cc3c(cc2OC)C(=O)N2c4ccccc4CC2CN3)cc(COc2cc3c(cc2OC)C(=O)N2c4ccccc4C[C@H]2CN3)c1. The summed E-state index contributed by atoms with van der Waals surface area (Å²) in [5.41, 5.74) is 8.58. The number of amides is 4. The van der Waals surface area contributed by atoms with Crippen molar-refractivity contribution in [1.29, 1.82) is 0 Å². The fourth-order valence-corrected chi connectivity index (χ4v) is 12.3. The molecule has 3 atom stereocenters. The molecular weight excluding hydrogens is 937 g/mol. The predicted molar refractivity (Wildman–Crippen MR) is 284 cm³/mol. The summed E-state index contributed by atoms with van der Waals surface area (Å²) in [6.45, 7) is 7.55. The molecule has 4 N–H and O–H groups in total. The summed E-state index contributed by atoms with van der Waals surface area (Å²) in [6, 6.07) is 29.1. The average molecular weight is 999 g/mol. The third kappa shape index (κ3) is 11.0. The van der Waals surface area contributed by atoms with Gasteiger partial charge < -0.3 is 50.0 Å². The number of hydrogen-bond acceptors (Lipinski definition) is 12. The van der Waals surface area contributed by atoms with Crippen molar-refractivity contribution in [2.45, 2.75) is 102 Å². The molecule has 71 heavy (non-hydrogen) atoms. The van der Waals surface area contributed by atoms with Crippen LogP contribution in [0.5, 0.6) is 23.0 Å². The summed E-state index contributed by atoms with van der Waals surface area (Å²) in [5.74, 6) is 2.30. The number of anilines is 5. The van der Waals surface area contributed by atoms with Crippen molar-refractivity contribution in [3.63, 3.8) is 0 Å². The summed E-state index contributed by atoms with van der Waals surface area (Å²) in [5, 5.41) is 13.2. The number of carbonyl (C=O) groups is 4. The maximum Gasteiger partial charge on any atom is 0.260 e. The summed E-state index contributed by atoms with van der Waals surface area (Å²) in [4.78, 5) is 57.9. The van der Waals surface area contributed by atoms with Crippen LogP contribution in [0.3, 0.4) is 0 Å². The Morgan fingerprint density at radius 3 is 1.73 bits per heavy atom. The lowest BCUT2D eigenvalue weighted by Crippen LogP contribution is -2.39. The number of rotatable bonds is 20. The van der Waals surface area contributed by atoms with Crippen molar-refractivity contribution in [1.82, 2.24) is 5.32 Å². The van der Waals surface area contributed by atoms with Gasteiger partial charge in [0.25, 0.3) is 11.8 Å². The van der Waals surface area contributed by atoms with E-state index in [4.69, 9.17) is 18.9 Å². The van der Waals surface area contributed by atoms with Gasteiger partial charge in [-0.1, -0.05) is 78.8 Å². The van der Waals surface area contributed by atoms with Gasteiger partial charge in [-0.3, -0.25) is 19.2 Å². The van der Waals surface area contributed by atoms with E-state index in [1.807, 2.05) is 83.5 Å². The number of fused-ring (bicyclic) bond motifs is 8. The van der Waals surface area contributed by atoms with Crippen LogP contribution in [0.2, 0.25) is 0 Å². The maximum atomic E-state index is 14.1. The molecule has 4 amide bonds. The average Bonchev–Trinajstić information content (AvgIpc) is 3.87. The lowest BCUT2D eigenvalue weighted by Gasteiger charge is -2.23. The smallest absolute Gasteiger partial charge is 0.260 e. The molecule has 372 valence electrons. The van der Waals surface area contributed by atoms with Crippen molar-refractivity contribution >= 4 is 73.7 Å². The first-order valence-corrected chi connectivity index (χ1v) is 26.9. The van der Waals surface area contributed by atoms with Crippen LogP contribution in [0.25, 0.3) is 0 Å². The fraction of sp³-hybridized carbons (Fsp3) is 0.382. The monoisotopic (exact) mass is 998 g/mol. The number of methoxy groups -OCH3 is 2. The topological polar surface area (TPSA) is 160 Å². The zero-order chi connectivity index (χ0) is 49.6. The van der Waals surface area contributed by atoms with Crippen molar-refractivity contribution in [2.75, 3.05) is 58.8 Å². The molecule has 5 aromatic rings. The number of ether oxygens (including phenoxy) is 4.